The maximum Gasteiger partial charge on any atom is 0.141 e. The summed E-state index contributed by atoms with van der Waals surface area (Å²) in [7, 11) is 1.04. The summed E-state index contributed by atoms with van der Waals surface area (Å²) < 4.78 is 6.19. The third kappa shape index (κ3) is 0.718. The third-order valence-electron chi connectivity index (χ3n) is 1.20. The number of hydrogen-bond donors (Lipinski definition) is 0. The van der Waals surface area contributed by atoms with E-state index in [0.29, 0.717) is 0 Å². The van der Waals surface area contributed by atoms with E-state index >= 15 is 0 Å². The van der Waals surface area contributed by atoms with Gasteiger partial charge in [-0.15, -0.1) is 0 Å². The molecule has 2 aromatic rings. The maximum atomic E-state index is 4.18. The second kappa shape index (κ2) is 1.82. The molecule has 9 heavy (non-hydrogen) atoms. The normalized spacial score (nSPS) is 11.1. The Morgan fingerprint density at radius 3 is 3.33 bits per heavy atom. The molecule has 0 spiro atoms. The Bertz CT molecular complexity index is 285. The fraction of sp³-hybridized carbons (Fsp3) is 0. The molecular weight excluding hydrogens is 131 g/mol. The molecule has 0 atom stereocenters. The molecule has 3 heteroatoms. The van der Waals surface area contributed by atoms with E-state index in [9.17, 15) is 0 Å². The van der Waals surface area contributed by atoms with Crippen LogP contribution in [0.1, 0.15) is 0 Å². The van der Waals surface area contributed by atoms with Gasteiger partial charge in [0.2, 0.25) is 0 Å². The summed E-state index contributed by atoms with van der Waals surface area (Å²) >= 11 is 0. The van der Waals surface area contributed by atoms with Crippen molar-refractivity contribution >= 4 is 14.0 Å². The van der Waals surface area contributed by atoms with Crippen molar-refractivity contribution in [1.29, 1.82) is 0 Å². The molecule has 2 nitrogen and oxygen atoms in total. The van der Waals surface area contributed by atoms with Gasteiger partial charge in [-0.05, 0) is 12.1 Å². The van der Waals surface area contributed by atoms with E-state index in [0.717, 1.165) is 14.0 Å². The Morgan fingerprint density at radius 2 is 2.44 bits per heavy atom. The second-order valence-electron chi connectivity index (χ2n) is 1.80. The molecule has 0 bridgehead atoms. The molecule has 0 aliphatic rings. The smallest absolute Gasteiger partial charge is 0.141 e. The molecule has 0 unspecified atom stereocenters. The molecule has 2 aromatic heterocycles. The van der Waals surface area contributed by atoms with Crippen molar-refractivity contribution in [3.63, 3.8) is 0 Å². The molecule has 0 aliphatic heterocycles. The first-order chi connectivity index (χ1) is 4.47. The van der Waals surface area contributed by atoms with Crippen molar-refractivity contribution in [1.82, 2.24) is 9.15 Å². The summed E-state index contributed by atoms with van der Waals surface area (Å²) in [5.41, 5.74) is 1.04. The van der Waals surface area contributed by atoms with E-state index in [-0.39, 0.29) is 0 Å². The van der Waals surface area contributed by atoms with Gasteiger partial charge in [0.25, 0.3) is 0 Å². The van der Waals surface area contributed by atoms with Gasteiger partial charge in [0, 0.05) is 6.20 Å². The average molecular weight is 136 g/mol. The van der Waals surface area contributed by atoms with Gasteiger partial charge in [-0.3, -0.25) is 0 Å². The zero-order valence-electron chi connectivity index (χ0n) is 4.73. The molecule has 0 N–H and O–H groups in total. The largest absolute Gasteiger partial charge is 0.302 e. The van der Waals surface area contributed by atoms with Crippen LogP contribution in [0.25, 0.3) is 5.65 Å². The SMILES string of the molecule is c1ccn2cpnc2c1. The molecule has 0 amide bonds. The van der Waals surface area contributed by atoms with Crippen LogP contribution in [0.3, 0.4) is 0 Å². The van der Waals surface area contributed by atoms with E-state index in [1.54, 1.807) is 0 Å². The summed E-state index contributed by atoms with van der Waals surface area (Å²) in [6, 6.07) is 5.98. The zero-order valence-corrected chi connectivity index (χ0v) is 5.62. The molecular formula is C6H5N2P. The molecule has 0 saturated heterocycles. The minimum absolute atomic E-state index is 1.04. The zero-order chi connectivity index (χ0) is 6.10. The van der Waals surface area contributed by atoms with Crippen LogP contribution < -0.4 is 0 Å². The van der Waals surface area contributed by atoms with Gasteiger partial charge < -0.3 is 4.40 Å². The lowest BCUT2D eigenvalue weighted by Crippen LogP contribution is -1.77. The lowest BCUT2D eigenvalue weighted by molar-refractivity contribution is 1.19. The Kier molecular flexibility index (Phi) is 0.998. The van der Waals surface area contributed by atoms with Gasteiger partial charge in [-0.1, -0.05) is 6.07 Å². The second-order valence-corrected chi connectivity index (χ2v) is 2.46. The Balaban J connectivity index is 2.95. The summed E-state index contributed by atoms with van der Waals surface area (Å²) in [6.07, 6.45) is 2.00. The van der Waals surface area contributed by atoms with Gasteiger partial charge in [0.15, 0.2) is 0 Å². The maximum absolute atomic E-state index is 4.18. The molecule has 0 aliphatic carbocycles. The van der Waals surface area contributed by atoms with Gasteiger partial charge in [-0.25, -0.2) is 4.75 Å². The Morgan fingerprint density at radius 1 is 1.44 bits per heavy atom. The summed E-state index contributed by atoms with van der Waals surface area (Å²) in [5.74, 6) is 2.02. The fourth-order valence-corrected chi connectivity index (χ4v) is 1.42. The first-order valence-corrected chi connectivity index (χ1v) is 3.63. The summed E-state index contributed by atoms with van der Waals surface area (Å²) in [4.78, 5) is 0. The molecule has 0 fully saturated rings. The molecule has 44 valence electrons. The highest BCUT2D eigenvalue weighted by atomic mass is 31.0. The molecule has 2 heterocycles. The number of pyridine rings is 1. The van der Waals surface area contributed by atoms with Gasteiger partial charge in [-0.2, -0.15) is 0 Å². The van der Waals surface area contributed by atoms with Crippen molar-refractivity contribution in [2.24, 2.45) is 0 Å². The molecule has 2 rings (SSSR count). The van der Waals surface area contributed by atoms with E-state index < -0.39 is 0 Å². The van der Waals surface area contributed by atoms with E-state index in [1.807, 2.05) is 34.7 Å². The van der Waals surface area contributed by atoms with E-state index in [4.69, 9.17) is 0 Å². The fourth-order valence-electron chi connectivity index (χ4n) is 0.770. The number of fused-ring (bicyclic) bond motifs is 1. The Hall–Kier alpha value is -0.880. The molecule has 0 radical (unpaired) electrons. The van der Waals surface area contributed by atoms with Crippen molar-refractivity contribution in [2.45, 2.75) is 0 Å². The minimum Gasteiger partial charge on any atom is -0.302 e. The van der Waals surface area contributed by atoms with E-state index in [2.05, 4.69) is 4.75 Å². The van der Waals surface area contributed by atoms with Crippen LogP contribution in [0, 0.1) is 0 Å². The summed E-state index contributed by atoms with van der Waals surface area (Å²) in [6.45, 7) is 0. The number of rotatable bonds is 0. The highest BCUT2D eigenvalue weighted by Gasteiger charge is 1.86. The Labute approximate surface area is 54.3 Å². The standard InChI is InChI=1S/C6H5N2P/c1-2-4-8-5-9-7-6(8)3-1/h1-5H. The highest BCUT2D eigenvalue weighted by molar-refractivity contribution is 7.24. The summed E-state index contributed by atoms with van der Waals surface area (Å²) in [5, 5.41) is 0. The number of nitrogens with zero attached hydrogens (tertiary/aromatic N) is 2. The monoisotopic (exact) mass is 136 g/mol. The van der Waals surface area contributed by atoms with Crippen LogP contribution >= 0.6 is 8.35 Å². The van der Waals surface area contributed by atoms with Gasteiger partial charge in [0.1, 0.15) is 5.65 Å². The van der Waals surface area contributed by atoms with Crippen LogP contribution in [-0.4, -0.2) is 9.15 Å². The topological polar surface area (TPSA) is 17.3 Å². The van der Waals surface area contributed by atoms with E-state index in [1.165, 1.54) is 0 Å². The minimum atomic E-state index is 1.04. The predicted octanol–water partition coefficient (Wildman–Crippen LogP) is 1.91. The van der Waals surface area contributed by atoms with Crippen LogP contribution in [0.2, 0.25) is 0 Å². The highest BCUT2D eigenvalue weighted by Crippen LogP contribution is 2.05. The predicted molar refractivity (Wildman–Crippen MR) is 37.7 cm³/mol. The lowest BCUT2D eigenvalue weighted by atomic mass is 10.5. The van der Waals surface area contributed by atoms with Crippen LogP contribution in [0.15, 0.2) is 30.3 Å². The third-order valence-corrected chi connectivity index (χ3v) is 1.88. The van der Waals surface area contributed by atoms with Gasteiger partial charge in [0.05, 0.1) is 14.3 Å². The van der Waals surface area contributed by atoms with Crippen molar-refractivity contribution in [2.75, 3.05) is 0 Å². The van der Waals surface area contributed by atoms with Crippen LogP contribution in [0.5, 0.6) is 0 Å². The first-order valence-electron chi connectivity index (χ1n) is 2.71. The first kappa shape index (κ1) is 4.95. The quantitative estimate of drug-likeness (QED) is 0.540. The van der Waals surface area contributed by atoms with Crippen molar-refractivity contribution < 1.29 is 0 Å². The average Bonchev–Trinajstić information content (AvgIpc) is 2.33. The number of hydrogen-bond acceptors (Lipinski definition) is 1. The van der Waals surface area contributed by atoms with Crippen molar-refractivity contribution in [3.8, 4) is 0 Å². The van der Waals surface area contributed by atoms with Crippen LogP contribution in [0.4, 0.5) is 0 Å². The molecule has 0 aromatic carbocycles. The molecule has 0 saturated carbocycles. The lowest BCUT2D eigenvalue weighted by Gasteiger charge is -1.86. The van der Waals surface area contributed by atoms with Gasteiger partial charge >= 0.3 is 0 Å². The van der Waals surface area contributed by atoms with Crippen LogP contribution in [-0.2, 0) is 0 Å². The number of aromatic nitrogens is 2. The van der Waals surface area contributed by atoms with Crippen molar-refractivity contribution in [3.05, 3.63) is 30.3 Å².